The van der Waals surface area contributed by atoms with Crippen molar-refractivity contribution < 1.29 is 26.3 Å². The van der Waals surface area contributed by atoms with Crippen LogP contribution < -0.4 is 0 Å². The molecule has 210 valence electrons. The van der Waals surface area contributed by atoms with E-state index in [0.29, 0.717) is 24.0 Å². The van der Waals surface area contributed by atoms with Gasteiger partial charge in [0.1, 0.15) is 11.6 Å². The first-order valence-electron chi connectivity index (χ1n) is 13.3. The van der Waals surface area contributed by atoms with E-state index in [4.69, 9.17) is 0 Å². The maximum Gasteiger partial charge on any atom is 0.178 e. The summed E-state index contributed by atoms with van der Waals surface area (Å²) in [5.41, 5.74) is -2.41. The van der Waals surface area contributed by atoms with Crippen LogP contribution in [0.1, 0.15) is 71.2 Å². The molecule has 0 atom stereocenters. The highest BCUT2D eigenvalue weighted by Gasteiger charge is 2.25. The first-order chi connectivity index (χ1) is 20.3. The molecule has 0 heterocycles. The molecule has 0 aromatic heterocycles. The minimum Gasteiger partial charge on any atom is -0.205 e. The summed E-state index contributed by atoms with van der Waals surface area (Å²) >= 11 is 0. The maximum atomic E-state index is 15.6. The minimum absolute atomic E-state index is 0.0179. The third-order valence-electron chi connectivity index (χ3n) is 6.36. The lowest BCUT2D eigenvalue weighted by molar-refractivity contribution is 0.482. The number of halogens is 6. The van der Waals surface area contributed by atoms with E-state index >= 15 is 26.3 Å². The lowest BCUT2D eigenvalue weighted by atomic mass is 9.96. The molecule has 0 aliphatic rings. The van der Waals surface area contributed by atoms with Crippen molar-refractivity contribution in [3.8, 4) is 35.5 Å². The summed E-state index contributed by atoms with van der Waals surface area (Å²) in [7, 11) is 0. The molecule has 4 rings (SSSR count). The van der Waals surface area contributed by atoms with Crippen LogP contribution in [0.5, 0.6) is 0 Å². The van der Waals surface area contributed by atoms with Crippen molar-refractivity contribution in [2.45, 2.75) is 39.5 Å². The van der Waals surface area contributed by atoms with Crippen molar-refractivity contribution in [3.63, 3.8) is 0 Å². The number of hydrogen-bond donors (Lipinski definition) is 0. The van der Waals surface area contributed by atoms with E-state index in [2.05, 4.69) is 35.5 Å². The van der Waals surface area contributed by atoms with Gasteiger partial charge in [-0.2, -0.15) is 0 Å². The van der Waals surface area contributed by atoms with Crippen LogP contribution in [0, 0.1) is 70.4 Å². The summed E-state index contributed by atoms with van der Waals surface area (Å²) in [5, 5.41) is 0. The van der Waals surface area contributed by atoms with E-state index in [1.54, 1.807) is 74.5 Å². The molecule has 0 fully saturated rings. The molecular weight excluding hydrogens is 546 g/mol. The van der Waals surface area contributed by atoms with E-state index in [1.165, 1.54) is 0 Å². The number of rotatable bonds is 4. The average molecular weight is 571 g/mol. The Hall–Kier alpha value is -4.86. The highest BCUT2D eigenvalue weighted by atomic mass is 19.2. The molecule has 0 nitrogen and oxygen atoms in total. The van der Waals surface area contributed by atoms with E-state index in [1.807, 2.05) is 0 Å². The van der Waals surface area contributed by atoms with Gasteiger partial charge in [-0.15, -0.1) is 0 Å². The zero-order valence-corrected chi connectivity index (χ0v) is 22.9. The molecule has 0 aliphatic carbocycles. The molecule has 42 heavy (non-hydrogen) atoms. The third kappa shape index (κ3) is 6.38. The molecule has 6 heteroatoms. The number of benzene rings is 4. The zero-order chi connectivity index (χ0) is 30.2. The summed E-state index contributed by atoms with van der Waals surface area (Å²) in [5.74, 6) is 6.05. The zero-order valence-electron chi connectivity index (χ0n) is 22.9. The molecule has 0 spiro atoms. The van der Waals surface area contributed by atoms with E-state index in [0.717, 1.165) is 0 Å². The van der Waals surface area contributed by atoms with Crippen molar-refractivity contribution in [2.75, 3.05) is 0 Å². The predicted molar refractivity (Wildman–Crippen MR) is 151 cm³/mol. The van der Waals surface area contributed by atoms with E-state index in [-0.39, 0.29) is 24.0 Å². The second-order valence-corrected chi connectivity index (χ2v) is 9.32. The van der Waals surface area contributed by atoms with Crippen molar-refractivity contribution in [3.05, 3.63) is 140 Å². The van der Waals surface area contributed by atoms with Crippen molar-refractivity contribution in [2.24, 2.45) is 0 Å². The fourth-order valence-electron chi connectivity index (χ4n) is 4.30. The quantitative estimate of drug-likeness (QED) is 0.131. The molecule has 0 radical (unpaired) electrons. The van der Waals surface area contributed by atoms with Gasteiger partial charge in [-0.25, -0.2) is 26.3 Å². The largest absolute Gasteiger partial charge is 0.205 e. The second kappa shape index (κ2) is 13.7. The minimum atomic E-state index is -1.62. The fourth-order valence-corrected chi connectivity index (χ4v) is 4.30. The van der Waals surface area contributed by atoms with Crippen molar-refractivity contribution in [1.29, 1.82) is 0 Å². The van der Waals surface area contributed by atoms with Gasteiger partial charge in [-0.05, 0) is 37.1 Å². The first-order valence-corrected chi connectivity index (χ1v) is 13.3. The highest BCUT2D eigenvalue weighted by molar-refractivity contribution is 5.57. The smallest absolute Gasteiger partial charge is 0.178 e. The Balaban J connectivity index is 1.87. The highest BCUT2D eigenvalue weighted by Crippen LogP contribution is 2.28. The molecule has 0 aliphatic heterocycles. The predicted octanol–water partition coefficient (Wildman–Crippen LogP) is 8.63. The van der Waals surface area contributed by atoms with Gasteiger partial charge in [0.25, 0.3) is 0 Å². The lowest BCUT2D eigenvalue weighted by Gasteiger charge is -2.11. The van der Waals surface area contributed by atoms with Gasteiger partial charge in [0.15, 0.2) is 23.3 Å². The molecule has 4 aromatic carbocycles. The normalized spacial score (nSPS) is 10.2. The molecule has 0 bridgehead atoms. The summed E-state index contributed by atoms with van der Waals surface area (Å²) in [4.78, 5) is 0. The van der Waals surface area contributed by atoms with Gasteiger partial charge >= 0.3 is 0 Å². The number of hydrogen-bond acceptors (Lipinski definition) is 0. The molecule has 0 unspecified atom stereocenters. The Kier molecular flexibility index (Phi) is 9.80. The molecule has 0 amide bonds. The standard InChI is InChI=1S/C36H24F6/c1-3-11-25-27(19-17-23-13-7-5-8-14-23)33(39)36(42)30(32(25)38)22-21-28-26(12-4-2)31(37)29(35(41)34(28)40)20-18-24-15-9-6-10-16-24/h5-10,13-16H,3-4,11-12H2,1-2H3. The Morgan fingerprint density at radius 3 is 1.10 bits per heavy atom. The summed E-state index contributed by atoms with van der Waals surface area (Å²) in [6, 6.07) is 16.9. The van der Waals surface area contributed by atoms with E-state index in [9.17, 15) is 0 Å². The van der Waals surface area contributed by atoms with Gasteiger partial charge in [-0.3, -0.25) is 0 Å². The lowest BCUT2D eigenvalue weighted by Crippen LogP contribution is -2.08. The summed E-state index contributed by atoms with van der Waals surface area (Å²) < 4.78 is 91.7. The topological polar surface area (TPSA) is 0 Å². The molecule has 0 saturated heterocycles. The summed E-state index contributed by atoms with van der Waals surface area (Å²) in [6.07, 6.45) is 0.673. The van der Waals surface area contributed by atoms with Gasteiger partial charge in [0.2, 0.25) is 0 Å². The van der Waals surface area contributed by atoms with Gasteiger partial charge in [0.05, 0.1) is 22.3 Å². The van der Waals surface area contributed by atoms with Gasteiger partial charge < -0.3 is 0 Å². The summed E-state index contributed by atoms with van der Waals surface area (Å²) in [6.45, 7) is 3.41. The van der Waals surface area contributed by atoms with Crippen molar-refractivity contribution >= 4 is 0 Å². The van der Waals surface area contributed by atoms with Crippen molar-refractivity contribution in [1.82, 2.24) is 0 Å². The van der Waals surface area contributed by atoms with Gasteiger partial charge in [0, 0.05) is 22.3 Å². The van der Waals surface area contributed by atoms with Crippen LogP contribution in [0.25, 0.3) is 0 Å². The molecule has 0 N–H and O–H groups in total. The Morgan fingerprint density at radius 2 is 0.714 bits per heavy atom. The monoisotopic (exact) mass is 570 g/mol. The molecular formula is C36H24F6. The van der Waals surface area contributed by atoms with Crippen LogP contribution in [-0.2, 0) is 12.8 Å². The first kappa shape index (κ1) is 30.1. The molecule has 0 saturated carbocycles. The SMILES string of the molecule is CCCc1c(F)c(C#Cc2c(F)c(F)c(C#Cc3ccccc3)c(F)c2CCC)c(F)c(F)c1C#Cc1ccccc1. The van der Waals surface area contributed by atoms with Gasteiger partial charge in [-0.1, -0.05) is 98.6 Å². The molecule has 4 aromatic rings. The Labute approximate surface area is 241 Å². The van der Waals surface area contributed by atoms with E-state index < -0.39 is 57.2 Å². The van der Waals surface area contributed by atoms with Crippen LogP contribution in [0.3, 0.4) is 0 Å². The second-order valence-electron chi connectivity index (χ2n) is 9.32. The van der Waals surface area contributed by atoms with Crippen LogP contribution in [0.4, 0.5) is 26.3 Å². The van der Waals surface area contributed by atoms with Crippen LogP contribution in [0.15, 0.2) is 60.7 Å². The fraction of sp³-hybridized carbons (Fsp3) is 0.167. The maximum absolute atomic E-state index is 15.6. The Bertz CT molecular complexity index is 1810. The van der Waals surface area contributed by atoms with Crippen LogP contribution in [0.2, 0.25) is 0 Å². The van der Waals surface area contributed by atoms with Crippen LogP contribution in [-0.4, -0.2) is 0 Å². The Morgan fingerprint density at radius 1 is 0.405 bits per heavy atom. The third-order valence-corrected chi connectivity index (χ3v) is 6.36. The van der Waals surface area contributed by atoms with Crippen LogP contribution >= 0.6 is 0 Å². The average Bonchev–Trinajstić information content (AvgIpc) is 3.00.